The van der Waals surface area contributed by atoms with Crippen LogP contribution >= 0.6 is 0 Å². The van der Waals surface area contributed by atoms with Crippen molar-refractivity contribution in [3.8, 4) is 5.75 Å². The van der Waals surface area contributed by atoms with Gasteiger partial charge < -0.3 is 15.2 Å². The summed E-state index contributed by atoms with van der Waals surface area (Å²) in [6.45, 7) is 0.510. The van der Waals surface area contributed by atoms with E-state index in [1.54, 1.807) is 0 Å². The number of nitrogen functional groups attached to an aromatic ring is 1. The topological polar surface area (TPSA) is 87.6 Å². The monoisotopic (exact) mass is 230 g/mol. The molecule has 7 heteroatoms. The minimum absolute atomic E-state index is 0.0178. The third kappa shape index (κ3) is 2.80. The minimum atomic E-state index is -0.980. The number of anilines is 1. The smallest absolute Gasteiger partial charge is 0.307 e. The molecule has 1 rings (SSSR count). The highest BCUT2D eigenvalue weighted by atomic mass is 19.1. The second-order valence-electron chi connectivity index (χ2n) is 2.94. The van der Waals surface area contributed by atoms with E-state index in [4.69, 9.17) is 15.2 Å². The molecule has 0 saturated carbocycles. The zero-order valence-corrected chi connectivity index (χ0v) is 8.60. The lowest BCUT2D eigenvalue weighted by molar-refractivity contribution is -0.387. The van der Waals surface area contributed by atoms with Crippen LogP contribution in [0.4, 0.5) is 15.8 Å². The van der Waals surface area contributed by atoms with Crippen molar-refractivity contribution in [1.29, 1.82) is 0 Å². The highest BCUT2D eigenvalue weighted by Gasteiger charge is 2.17. The molecule has 0 aromatic heterocycles. The van der Waals surface area contributed by atoms with Crippen molar-refractivity contribution < 1.29 is 18.8 Å². The molecule has 1 aromatic rings. The number of hydrogen-bond donors (Lipinski definition) is 1. The van der Waals surface area contributed by atoms with Crippen molar-refractivity contribution in [1.82, 2.24) is 0 Å². The number of ether oxygens (including phenoxy) is 2. The third-order valence-corrected chi connectivity index (χ3v) is 1.82. The summed E-state index contributed by atoms with van der Waals surface area (Å²) in [5, 5.41) is 10.4. The Morgan fingerprint density at radius 3 is 2.75 bits per heavy atom. The Hall–Kier alpha value is -1.89. The van der Waals surface area contributed by atoms with E-state index in [9.17, 15) is 14.5 Å². The molecule has 88 valence electrons. The van der Waals surface area contributed by atoms with Crippen LogP contribution in [0.2, 0.25) is 0 Å². The molecule has 6 nitrogen and oxygen atoms in total. The second kappa shape index (κ2) is 5.26. The SMILES string of the molecule is COCCOc1cc(F)c([N+](=O)[O-])cc1N. The fourth-order valence-electron chi connectivity index (χ4n) is 1.06. The van der Waals surface area contributed by atoms with Gasteiger partial charge in [-0.3, -0.25) is 10.1 Å². The molecule has 2 N–H and O–H groups in total. The fraction of sp³-hybridized carbons (Fsp3) is 0.333. The molecule has 0 atom stereocenters. The van der Waals surface area contributed by atoms with E-state index in [1.807, 2.05) is 0 Å². The Bertz CT molecular complexity index is 397. The number of nitrogens with zero attached hydrogens (tertiary/aromatic N) is 1. The first-order valence-electron chi connectivity index (χ1n) is 4.41. The van der Waals surface area contributed by atoms with Gasteiger partial charge in [0.2, 0.25) is 5.82 Å². The van der Waals surface area contributed by atoms with Crippen molar-refractivity contribution in [3.63, 3.8) is 0 Å². The highest BCUT2D eigenvalue weighted by molar-refractivity contribution is 5.58. The lowest BCUT2D eigenvalue weighted by Gasteiger charge is -2.08. The van der Waals surface area contributed by atoms with Crippen LogP contribution in [0, 0.1) is 15.9 Å². The number of nitro groups is 1. The highest BCUT2D eigenvalue weighted by Crippen LogP contribution is 2.29. The lowest BCUT2D eigenvalue weighted by atomic mass is 10.2. The molecule has 0 heterocycles. The number of methoxy groups -OCH3 is 1. The summed E-state index contributed by atoms with van der Waals surface area (Å²) >= 11 is 0. The molecule has 0 unspecified atom stereocenters. The van der Waals surface area contributed by atoms with Crippen LogP contribution in [0.15, 0.2) is 12.1 Å². The van der Waals surface area contributed by atoms with E-state index >= 15 is 0 Å². The standard InChI is InChI=1S/C9H11FN2O4/c1-15-2-3-16-9-4-6(10)8(12(13)14)5-7(9)11/h4-5H,2-3,11H2,1H3. The van der Waals surface area contributed by atoms with Crippen LogP contribution < -0.4 is 10.5 Å². The largest absolute Gasteiger partial charge is 0.489 e. The van der Waals surface area contributed by atoms with Crippen molar-refractivity contribution in [2.24, 2.45) is 0 Å². The molecule has 0 fully saturated rings. The van der Waals surface area contributed by atoms with Crippen molar-refractivity contribution in [2.45, 2.75) is 0 Å². The molecule has 1 aromatic carbocycles. The number of hydrogen-bond acceptors (Lipinski definition) is 5. The Labute approximate surface area is 90.9 Å². The average molecular weight is 230 g/mol. The van der Waals surface area contributed by atoms with Crippen molar-refractivity contribution in [3.05, 3.63) is 28.1 Å². The predicted molar refractivity (Wildman–Crippen MR) is 54.8 cm³/mol. The number of rotatable bonds is 5. The van der Waals surface area contributed by atoms with Gasteiger partial charge in [-0.25, -0.2) is 0 Å². The molecule has 0 aliphatic carbocycles. The Kier molecular flexibility index (Phi) is 4.01. The number of nitrogens with two attached hydrogens (primary N) is 1. The Balaban J connectivity index is 2.88. The lowest BCUT2D eigenvalue weighted by Crippen LogP contribution is -2.07. The van der Waals surface area contributed by atoms with Crippen molar-refractivity contribution in [2.75, 3.05) is 26.1 Å². The zero-order chi connectivity index (χ0) is 12.1. The quantitative estimate of drug-likeness (QED) is 0.357. The molecule has 0 saturated heterocycles. The fourth-order valence-corrected chi connectivity index (χ4v) is 1.06. The van der Waals surface area contributed by atoms with Gasteiger partial charge in [0.25, 0.3) is 0 Å². The van der Waals surface area contributed by atoms with Gasteiger partial charge in [0, 0.05) is 19.2 Å². The minimum Gasteiger partial charge on any atom is -0.489 e. The van der Waals surface area contributed by atoms with Crippen LogP contribution in [0.5, 0.6) is 5.75 Å². The summed E-state index contributed by atoms with van der Waals surface area (Å²) in [5.74, 6) is -0.910. The maximum Gasteiger partial charge on any atom is 0.307 e. The Morgan fingerprint density at radius 1 is 1.50 bits per heavy atom. The molecule has 0 spiro atoms. The summed E-state index contributed by atoms with van der Waals surface area (Å²) in [7, 11) is 1.49. The second-order valence-corrected chi connectivity index (χ2v) is 2.94. The van der Waals surface area contributed by atoms with Gasteiger partial charge in [-0.05, 0) is 0 Å². The van der Waals surface area contributed by atoms with Gasteiger partial charge in [0.15, 0.2) is 0 Å². The molecule has 0 amide bonds. The summed E-state index contributed by atoms with van der Waals surface area (Å²) in [5.41, 5.74) is 4.82. The first kappa shape index (κ1) is 12.2. The average Bonchev–Trinajstić information content (AvgIpc) is 2.22. The van der Waals surface area contributed by atoms with E-state index in [2.05, 4.69) is 0 Å². The van der Waals surface area contributed by atoms with E-state index < -0.39 is 16.4 Å². The van der Waals surface area contributed by atoms with Gasteiger partial charge in [0.1, 0.15) is 12.4 Å². The summed E-state index contributed by atoms with van der Waals surface area (Å²) in [6, 6.07) is 1.82. The summed E-state index contributed by atoms with van der Waals surface area (Å²) in [4.78, 5) is 9.55. The van der Waals surface area contributed by atoms with Gasteiger partial charge in [0.05, 0.1) is 17.2 Å². The van der Waals surface area contributed by atoms with Crippen LogP contribution in [0.25, 0.3) is 0 Å². The van der Waals surface area contributed by atoms with E-state index in [1.165, 1.54) is 7.11 Å². The van der Waals surface area contributed by atoms with E-state index in [-0.39, 0.29) is 18.0 Å². The number of halogens is 1. The van der Waals surface area contributed by atoms with E-state index in [0.717, 1.165) is 12.1 Å². The first-order valence-corrected chi connectivity index (χ1v) is 4.41. The molecule has 16 heavy (non-hydrogen) atoms. The first-order chi connectivity index (χ1) is 7.56. The van der Waals surface area contributed by atoms with Gasteiger partial charge in [-0.2, -0.15) is 4.39 Å². The Morgan fingerprint density at radius 2 is 2.19 bits per heavy atom. The molecular weight excluding hydrogens is 219 g/mol. The predicted octanol–water partition coefficient (Wildman–Crippen LogP) is 1.34. The normalized spacial score (nSPS) is 10.1. The number of nitro benzene ring substituents is 1. The third-order valence-electron chi connectivity index (χ3n) is 1.82. The van der Waals surface area contributed by atoms with Crippen LogP contribution in [0.1, 0.15) is 0 Å². The van der Waals surface area contributed by atoms with Gasteiger partial charge >= 0.3 is 5.69 Å². The van der Waals surface area contributed by atoms with Gasteiger partial charge in [-0.1, -0.05) is 0 Å². The summed E-state index contributed by atoms with van der Waals surface area (Å²) < 4.78 is 23.0. The number of benzene rings is 1. The maximum absolute atomic E-state index is 13.2. The molecular formula is C9H11FN2O4. The van der Waals surface area contributed by atoms with Crippen LogP contribution in [-0.2, 0) is 4.74 Å². The zero-order valence-electron chi connectivity index (χ0n) is 8.60. The maximum atomic E-state index is 13.2. The summed E-state index contributed by atoms with van der Waals surface area (Å²) in [6.07, 6.45) is 0. The molecule has 0 aliphatic rings. The van der Waals surface area contributed by atoms with Crippen LogP contribution in [-0.4, -0.2) is 25.2 Å². The van der Waals surface area contributed by atoms with E-state index in [0.29, 0.717) is 6.61 Å². The molecule has 0 bridgehead atoms. The molecule has 0 radical (unpaired) electrons. The van der Waals surface area contributed by atoms with Gasteiger partial charge in [-0.15, -0.1) is 0 Å². The van der Waals surface area contributed by atoms with Crippen molar-refractivity contribution >= 4 is 11.4 Å². The molecule has 0 aliphatic heterocycles. The van der Waals surface area contributed by atoms with Crippen LogP contribution in [0.3, 0.4) is 0 Å².